The van der Waals surface area contributed by atoms with Gasteiger partial charge in [0.05, 0.1) is 40.0 Å². The number of imidazole rings is 1. The second-order valence-corrected chi connectivity index (χ2v) is 6.97. The Hall–Kier alpha value is -1.92. The van der Waals surface area contributed by atoms with Gasteiger partial charge in [-0.15, -0.1) is 0 Å². The van der Waals surface area contributed by atoms with Crippen LogP contribution in [-0.4, -0.2) is 46.4 Å². The van der Waals surface area contributed by atoms with Gasteiger partial charge < -0.3 is 4.74 Å². The number of pyridine rings is 1. The minimum Gasteiger partial charge on any atom is -0.379 e. The fourth-order valence-corrected chi connectivity index (χ4v) is 3.75. The molecule has 26 heavy (non-hydrogen) atoms. The first-order valence-corrected chi connectivity index (χ1v) is 9.15. The predicted octanol–water partition coefficient (Wildman–Crippen LogP) is 3.70. The Kier molecular flexibility index (Phi) is 4.96. The SMILES string of the molecule is O=C(c1c(Cl)cccc1Cl)c1nc(CN2CCOCC2)c2ccccn12. The third-order valence-electron chi connectivity index (χ3n) is 4.49. The van der Waals surface area contributed by atoms with Gasteiger partial charge in [-0.2, -0.15) is 0 Å². The van der Waals surface area contributed by atoms with Gasteiger partial charge in [0.1, 0.15) is 0 Å². The zero-order chi connectivity index (χ0) is 18.1. The Morgan fingerprint density at radius 3 is 2.54 bits per heavy atom. The lowest BCUT2D eigenvalue weighted by atomic mass is 10.1. The molecule has 0 aliphatic carbocycles. The largest absolute Gasteiger partial charge is 0.379 e. The topological polar surface area (TPSA) is 46.8 Å². The van der Waals surface area contributed by atoms with Crippen LogP contribution in [0.1, 0.15) is 21.9 Å². The van der Waals surface area contributed by atoms with E-state index in [1.54, 1.807) is 22.6 Å². The predicted molar refractivity (Wildman–Crippen MR) is 101 cm³/mol. The van der Waals surface area contributed by atoms with Gasteiger partial charge in [0, 0.05) is 25.8 Å². The number of morpholine rings is 1. The number of carbonyl (C=O) groups excluding carboxylic acids is 1. The van der Waals surface area contributed by atoms with Crippen LogP contribution in [0.5, 0.6) is 0 Å². The van der Waals surface area contributed by atoms with E-state index < -0.39 is 0 Å². The molecule has 1 aromatic carbocycles. The number of fused-ring (bicyclic) bond motifs is 1. The summed E-state index contributed by atoms with van der Waals surface area (Å²) in [7, 11) is 0. The Morgan fingerprint density at radius 1 is 1.08 bits per heavy atom. The quantitative estimate of drug-likeness (QED) is 0.638. The van der Waals surface area contributed by atoms with Crippen LogP contribution in [0.15, 0.2) is 42.6 Å². The summed E-state index contributed by atoms with van der Waals surface area (Å²) in [4.78, 5) is 20.1. The van der Waals surface area contributed by atoms with Crippen LogP contribution >= 0.6 is 23.2 Å². The number of hydrogen-bond acceptors (Lipinski definition) is 4. The van der Waals surface area contributed by atoms with E-state index in [2.05, 4.69) is 9.88 Å². The van der Waals surface area contributed by atoms with E-state index in [0.29, 0.717) is 35.6 Å². The van der Waals surface area contributed by atoms with Crippen molar-refractivity contribution in [1.82, 2.24) is 14.3 Å². The molecule has 7 heteroatoms. The molecule has 1 fully saturated rings. The summed E-state index contributed by atoms with van der Waals surface area (Å²) in [5, 5.41) is 0.648. The smallest absolute Gasteiger partial charge is 0.231 e. The lowest BCUT2D eigenvalue weighted by molar-refractivity contribution is 0.0338. The molecular weight excluding hydrogens is 373 g/mol. The minimum absolute atomic E-state index is 0.282. The van der Waals surface area contributed by atoms with Crippen LogP contribution < -0.4 is 0 Å². The van der Waals surface area contributed by atoms with E-state index in [-0.39, 0.29) is 11.3 Å². The molecular formula is C19H17Cl2N3O2. The zero-order valence-electron chi connectivity index (χ0n) is 14.0. The molecule has 0 bridgehead atoms. The summed E-state index contributed by atoms with van der Waals surface area (Å²) in [5.74, 6) is 0.0360. The summed E-state index contributed by atoms with van der Waals surface area (Å²) >= 11 is 12.4. The third kappa shape index (κ3) is 3.23. The fourth-order valence-electron chi connectivity index (χ4n) is 3.18. The number of rotatable bonds is 4. The van der Waals surface area contributed by atoms with Crippen molar-refractivity contribution in [3.63, 3.8) is 0 Å². The highest BCUT2D eigenvalue weighted by molar-refractivity contribution is 6.40. The van der Waals surface area contributed by atoms with Crippen LogP contribution in [0.25, 0.3) is 5.52 Å². The lowest BCUT2D eigenvalue weighted by Crippen LogP contribution is -2.35. The Balaban J connectivity index is 1.77. The summed E-state index contributed by atoms with van der Waals surface area (Å²) in [6.07, 6.45) is 1.84. The van der Waals surface area contributed by atoms with Crippen molar-refractivity contribution in [2.24, 2.45) is 0 Å². The molecule has 3 heterocycles. The minimum atomic E-state index is -0.282. The Morgan fingerprint density at radius 2 is 1.81 bits per heavy atom. The molecule has 0 atom stereocenters. The van der Waals surface area contributed by atoms with Crippen molar-refractivity contribution in [1.29, 1.82) is 0 Å². The summed E-state index contributed by atoms with van der Waals surface area (Å²) in [6.45, 7) is 3.80. The molecule has 2 aromatic heterocycles. The molecule has 0 N–H and O–H groups in total. The Labute approximate surface area is 161 Å². The van der Waals surface area contributed by atoms with Crippen molar-refractivity contribution in [3.05, 3.63) is 69.7 Å². The monoisotopic (exact) mass is 389 g/mol. The first-order chi connectivity index (χ1) is 12.6. The molecule has 1 saturated heterocycles. The van der Waals surface area contributed by atoms with Gasteiger partial charge in [-0.05, 0) is 24.3 Å². The molecule has 0 amide bonds. The number of hydrogen-bond donors (Lipinski definition) is 0. The summed E-state index contributed by atoms with van der Waals surface area (Å²) in [6, 6.07) is 10.8. The van der Waals surface area contributed by atoms with E-state index in [1.807, 2.05) is 24.4 Å². The maximum atomic E-state index is 13.1. The van der Waals surface area contributed by atoms with Crippen molar-refractivity contribution < 1.29 is 9.53 Å². The number of halogens is 2. The fraction of sp³-hybridized carbons (Fsp3) is 0.263. The molecule has 0 unspecified atom stereocenters. The van der Waals surface area contributed by atoms with Crippen LogP contribution in [0.2, 0.25) is 10.0 Å². The molecule has 3 aromatic rings. The first kappa shape index (κ1) is 17.5. The van der Waals surface area contributed by atoms with Gasteiger partial charge >= 0.3 is 0 Å². The molecule has 5 nitrogen and oxygen atoms in total. The van der Waals surface area contributed by atoms with Gasteiger partial charge in [-0.1, -0.05) is 35.3 Å². The number of carbonyl (C=O) groups is 1. The van der Waals surface area contributed by atoms with E-state index >= 15 is 0 Å². The van der Waals surface area contributed by atoms with Gasteiger partial charge in [-0.3, -0.25) is 14.1 Å². The van der Waals surface area contributed by atoms with E-state index in [4.69, 9.17) is 27.9 Å². The van der Waals surface area contributed by atoms with E-state index in [0.717, 1.165) is 24.3 Å². The molecule has 4 rings (SSSR count). The number of aromatic nitrogens is 2. The van der Waals surface area contributed by atoms with Gasteiger partial charge in [-0.25, -0.2) is 4.98 Å². The molecule has 1 aliphatic rings. The summed E-state index contributed by atoms with van der Waals surface area (Å²) < 4.78 is 7.21. The van der Waals surface area contributed by atoms with Gasteiger partial charge in [0.25, 0.3) is 0 Å². The Bertz CT molecular complexity index is 944. The van der Waals surface area contributed by atoms with Gasteiger partial charge in [0.15, 0.2) is 5.82 Å². The van der Waals surface area contributed by atoms with Crippen molar-refractivity contribution in [2.45, 2.75) is 6.54 Å². The van der Waals surface area contributed by atoms with Crippen LogP contribution in [0.4, 0.5) is 0 Å². The van der Waals surface area contributed by atoms with E-state index in [1.165, 1.54) is 0 Å². The van der Waals surface area contributed by atoms with Crippen molar-refractivity contribution >= 4 is 34.5 Å². The normalized spacial score (nSPS) is 15.5. The molecule has 134 valence electrons. The molecule has 0 saturated carbocycles. The highest BCUT2D eigenvalue weighted by atomic mass is 35.5. The zero-order valence-corrected chi connectivity index (χ0v) is 15.5. The highest BCUT2D eigenvalue weighted by Crippen LogP contribution is 2.27. The van der Waals surface area contributed by atoms with Crippen LogP contribution in [0, 0.1) is 0 Å². The average molecular weight is 390 g/mol. The number of benzene rings is 1. The first-order valence-electron chi connectivity index (χ1n) is 8.40. The molecule has 0 radical (unpaired) electrons. The van der Waals surface area contributed by atoms with Crippen molar-refractivity contribution in [3.8, 4) is 0 Å². The number of ketones is 1. The molecule has 1 aliphatic heterocycles. The highest BCUT2D eigenvalue weighted by Gasteiger charge is 2.24. The van der Waals surface area contributed by atoms with E-state index in [9.17, 15) is 4.79 Å². The summed E-state index contributed by atoms with van der Waals surface area (Å²) in [5.41, 5.74) is 2.05. The van der Waals surface area contributed by atoms with Crippen LogP contribution in [0.3, 0.4) is 0 Å². The van der Waals surface area contributed by atoms with Crippen LogP contribution in [-0.2, 0) is 11.3 Å². The maximum Gasteiger partial charge on any atom is 0.231 e. The number of ether oxygens (including phenoxy) is 1. The molecule has 0 spiro atoms. The third-order valence-corrected chi connectivity index (χ3v) is 5.12. The number of nitrogens with zero attached hydrogens (tertiary/aromatic N) is 3. The second-order valence-electron chi connectivity index (χ2n) is 6.15. The average Bonchev–Trinajstić information content (AvgIpc) is 3.01. The van der Waals surface area contributed by atoms with Gasteiger partial charge in [0.2, 0.25) is 5.78 Å². The standard InChI is InChI=1S/C19H17Cl2N3O2/c20-13-4-3-5-14(21)17(13)18(25)19-22-15(12-23-8-10-26-11-9-23)16-6-1-2-7-24(16)19/h1-7H,8-12H2. The van der Waals surface area contributed by atoms with Crippen molar-refractivity contribution in [2.75, 3.05) is 26.3 Å². The lowest BCUT2D eigenvalue weighted by Gasteiger charge is -2.25. The maximum absolute atomic E-state index is 13.1. The second kappa shape index (κ2) is 7.37.